The van der Waals surface area contributed by atoms with E-state index < -0.39 is 5.91 Å². The van der Waals surface area contributed by atoms with Crippen LogP contribution in [-0.4, -0.2) is 51.4 Å². The number of hydrogen-bond acceptors (Lipinski definition) is 7. The molecule has 0 aliphatic carbocycles. The van der Waals surface area contributed by atoms with Crippen LogP contribution in [0.1, 0.15) is 27.9 Å². The second-order valence-corrected chi connectivity index (χ2v) is 9.19. The van der Waals surface area contributed by atoms with Crippen molar-refractivity contribution in [2.45, 2.75) is 20.4 Å². The monoisotopic (exact) mass is 632 g/mol. The average Bonchev–Trinajstić information content (AvgIpc) is 3.31. The van der Waals surface area contributed by atoms with E-state index in [4.69, 9.17) is 9.26 Å². The third kappa shape index (κ3) is 6.39. The predicted octanol–water partition coefficient (Wildman–Crippen LogP) is 3.14. The van der Waals surface area contributed by atoms with Crippen LogP contribution in [0.4, 0.5) is 0 Å². The lowest BCUT2D eigenvalue weighted by Gasteiger charge is -2.09. The predicted molar refractivity (Wildman–Crippen MR) is 125 cm³/mol. The van der Waals surface area contributed by atoms with Gasteiger partial charge in [0.2, 0.25) is 0 Å². The van der Waals surface area contributed by atoms with Crippen molar-refractivity contribution in [2.75, 3.05) is 19.7 Å². The molecule has 3 aromatic rings. The van der Waals surface area contributed by atoms with Crippen LogP contribution < -0.4 is 15.4 Å². The van der Waals surface area contributed by atoms with Crippen LogP contribution in [0.2, 0.25) is 0 Å². The molecular weight excluding hydrogens is 616 g/mol. The summed E-state index contributed by atoms with van der Waals surface area (Å²) in [5.74, 6) is -0.113. The smallest absolute Gasteiger partial charge is 0.316 e. The van der Waals surface area contributed by atoms with Crippen molar-refractivity contribution < 1.29 is 18.8 Å². The Morgan fingerprint density at radius 1 is 1.16 bits per heavy atom. The third-order valence-electron chi connectivity index (χ3n) is 4.23. The van der Waals surface area contributed by atoms with E-state index in [1.807, 2.05) is 26.0 Å². The highest BCUT2D eigenvalue weighted by Crippen LogP contribution is 2.28. The summed E-state index contributed by atoms with van der Waals surface area (Å²) in [5.41, 5.74) is 1.77. The van der Waals surface area contributed by atoms with Gasteiger partial charge in [0.05, 0.1) is 20.3 Å². The summed E-state index contributed by atoms with van der Waals surface area (Å²) in [6.45, 7) is 4.33. The molecule has 3 rings (SSSR count). The Morgan fingerprint density at radius 3 is 2.59 bits per heavy atom. The van der Waals surface area contributed by atoms with Gasteiger partial charge in [0.25, 0.3) is 5.91 Å². The SMILES string of the molecule is Cc1nn(Cc2noc(C(=O)NCCNC(=O)COc3ccc(Br)cc3Br)n2)c(C)c1Br. The fourth-order valence-electron chi connectivity index (χ4n) is 2.61. The molecule has 32 heavy (non-hydrogen) atoms. The molecule has 0 unspecified atom stereocenters. The number of hydrogen-bond donors (Lipinski definition) is 2. The lowest BCUT2D eigenvalue weighted by atomic mass is 10.3. The van der Waals surface area contributed by atoms with Crippen LogP contribution in [0.5, 0.6) is 5.75 Å². The molecule has 10 nitrogen and oxygen atoms in total. The first-order valence-electron chi connectivity index (χ1n) is 9.39. The molecule has 0 radical (unpaired) electrons. The molecular formula is C19H19Br3N6O4. The Hall–Kier alpha value is -2.25. The number of rotatable bonds is 9. The molecule has 0 aliphatic rings. The first kappa shape index (κ1) is 24.4. The lowest BCUT2D eigenvalue weighted by Crippen LogP contribution is -2.36. The van der Waals surface area contributed by atoms with E-state index >= 15 is 0 Å². The van der Waals surface area contributed by atoms with Gasteiger partial charge in [-0.2, -0.15) is 10.1 Å². The number of amides is 2. The Bertz CT molecular complexity index is 1130. The Labute approximate surface area is 208 Å². The molecule has 0 bridgehead atoms. The largest absolute Gasteiger partial charge is 0.483 e. The van der Waals surface area contributed by atoms with Crippen LogP contribution in [-0.2, 0) is 11.3 Å². The van der Waals surface area contributed by atoms with E-state index in [9.17, 15) is 9.59 Å². The van der Waals surface area contributed by atoms with Gasteiger partial charge in [0.15, 0.2) is 12.4 Å². The molecule has 2 amide bonds. The minimum absolute atomic E-state index is 0.149. The first-order valence-corrected chi connectivity index (χ1v) is 11.8. The van der Waals surface area contributed by atoms with Gasteiger partial charge in [-0.15, -0.1) is 0 Å². The Balaban J connectivity index is 1.39. The molecule has 13 heteroatoms. The summed E-state index contributed by atoms with van der Waals surface area (Å²) in [7, 11) is 0. The van der Waals surface area contributed by atoms with E-state index in [1.165, 1.54) is 0 Å². The van der Waals surface area contributed by atoms with Gasteiger partial charge in [-0.25, -0.2) is 0 Å². The molecule has 1 aromatic carbocycles. The zero-order valence-electron chi connectivity index (χ0n) is 17.1. The molecule has 2 N–H and O–H groups in total. The maximum Gasteiger partial charge on any atom is 0.316 e. The van der Waals surface area contributed by atoms with Gasteiger partial charge in [-0.05, 0) is 63.9 Å². The fourth-order valence-corrected chi connectivity index (χ4v) is 4.06. The number of carbonyl (C=O) groups excluding carboxylic acids is 2. The van der Waals surface area contributed by atoms with E-state index in [1.54, 1.807) is 10.7 Å². The van der Waals surface area contributed by atoms with Crippen molar-refractivity contribution in [3.05, 3.63) is 54.7 Å². The third-order valence-corrected chi connectivity index (χ3v) is 6.49. The maximum absolute atomic E-state index is 12.2. The molecule has 0 atom stereocenters. The molecule has 0 fully saturated rings. The zero-order chi connectivity index (χ0) is 23.3. The van der Waals surface area contributed by atoms with Crippen molar-refractivity contribution in [3.8, 4) is 5.75 Å². The summed E-state index contributed by atoms with van der Waals surface area (Å²) in [5, 5.41) is 13.5. The molecule has 170 valence electrons. The van der Waals surface area contributed by atoms with Gasteiger partial charge < -0.3 is 19.9 Å². The van der Waals surface area contributed by atoms with E-state index in [2.05, 4.69) is 73.7 Å². The molecule has 2 heterocycles. The first-order chi connectivity index (χ1) is 15.2. The second-order valence-electron chi connectivity index (χ2n) is 6.63. The van der Waals surface area contributed by atoms with Gasteiger partial charge in [-0.3, -0.25) is 14.3 Å². The highest BCUT2D eigenvalue weighted by molar-refractivity contribution is 9.11. The summed E-state index contributed by atoms with van der Waals surface area (Å²) < 4.78 is 14.7. The van der Waals surface area contributed by atoms with Crippen LogP contribution in [0.3, 0.4) is 0 Å². The van der Waals surface area contributed by atoms with Crippen LogP contribution >= 0.6 is 47.8 Å². The van der Waals surface area contributed by atoms with E-state index in [0.29, 0.717) is 11.6 Å². The number of benzene rings is 1. The number of nitrogens with zero attached hydrogens (tertiary/aromatic N) is 4. The van der Waals surface area contributed by atoms with Gasteiger partial charge in [0.1, 0.15) is 12.3 Å². The number of ether oxygens (including phenoxy) is 1. The number of aromatic nitrogens is 4. The molecule has 0 saturated heterocycles. The zero-order valence-corrected chi connectivity index (χ0v) is 21.9. The van der Waals surface area contributed by atoms with Gasteiger partial charge in [0, 0.05) is 17.6 Å². The van der Waals surface area contributed by atoms with Gasteiger partial charge in [-0.1, -0.05) is 21.1 Å². The van der Waals surface area contributed by atoms with E-state index in [0.717, 1.165) is 24.8 Å². The quantitative estimate of drug-likeness (QED) is 0.347. The molecule has 0 spiro atoms. The Kier molecular flexibility index (Phi) is 8.43. The minimum Gasteiger partial charge on any atom is -0.483 e. The van der Waals surface area contributed by atoms with Crippen LogP contribution in [0, 0.1) is 13.8 Å². The standard InChI is InChI=1S/C19H19Br3N6O4/c1-10-17(22)11(2)28(26-10)8-15-25-19(32-27-15)18(30)24-6-5-23-16(29)9-31-14-4-3-12(20)7-13(14)21/h3-4,7H,5-6,8-9H2,1-2H3,(H,23,29)(H,24,30). The van der Waals surface area contributed by atoms with Crippen molar-refractivity contribution in [3.63, 3.8) is 0 Å². The van der Waals surface area contributed by atoms with Crippen molar-refractivity contribution in [2.24, 2.45) is 0 Å². The Morgan fingerprint density at radius 2 is 1.91 bits per heavy atom. The molecule has 2 aromatic heterocycles. The summed E-state index contributed by atoms with van der Waals surface area (Å²) in [6.07, 6.45) is 0. The minimum atomic E-state index is -0.525. The number of carbonyl (C=O) groups is 2. The van der Waals surface area contributed by atoms with Gasteiger partial charge >= 0.3 is 11.8 Å². The van der Waals surface area contributed by atoms with Crippen LogP contribution in [0.25, 0.3) is 0 Å². The normalized spacial score (nSPS) is 10.8. The second kappa shape index (κ2) is 11.1. The number of aryl methyl sites for hydroxylation is 1. The topological polar surface area (TPSA) is 124 Å². The highest BCUT2D eigenvalue weighted by atomic mass is 79.9. The fraction of sp³-hybridized carbons (Fsp3) is 0.316. The lowest BCUT2D eigenvalue weighted by molar-refractivity contribution is -0.123. The molecule has 0 aliphatic heterocycles. The van der Waals surface area contributed by atoms with E-state index in [-0.39, 0.29) is 38.0 Å². The highest BCUT2D eigenvalue weighted by Gasteiger charge is 2.17. The van der Waals surface area contributed by atoms with Crippen molar-refractivity contribution in [1.29, 1.82) is 0 Å². The van der Waals surface area contributed by atoms with Crippen molar-refractivity contribution in [1.82, 2.24) is 30.6 Å². The summed E-state index contributed by atoms with van der Waals surface area (Å²) in [6, 6.07) is 5.38. The van der Waals surface area contributed by atoms with Crippen molar-refractivity contribution >= 4 is 59.6 Å². The van der Waals surface area contributed by atoms with Crippen LogP contribution in [0.15, 0.2) is 36.1 Å². The number of nitrogens with one attached hydrogen (secondary N) is 2. The summed E-state index contributed by atoms with van der Waals surface area (Å²) in [4.78, 5) is 28.2. The molecule has 0 saturated carbocycles. The average molecular weight is 635 g/mol. The summed E-state index contributed by atoms with van der Waals surface area (Å²) >= 11 is 10.2. The maximum atomic E-state index is 12.2. The number of halogens is 3.